The van der Waals surface area contributed by atoms with Gasteiger partial charge in [-0.25, -0.2) is 4.79 Å². The molecule has 0 saturated heterocycles. The zero-order chi connectivity index (χ0) is 13.5. The second kappa shape index (κ2) is 6.90. The second-order valence-electron chi connectivity index (χ2n) is 3.14. The number of benzene rings is 1. The van der Waals surface area contributed by atoms with Crippen LogP contribution in [0.2, 0.25) is 10.0 Å². The molecule has 1 aromatic carbocycles. The molecule has 0 aliphatic rings. The van der Waals surface area contributed by atoms with Gasteiger partial charge in [-0.1, -0.05) is 29.3 Å². The Morgan fingerprint density at radius 1 is 1.56 bits per heavy atom. The number of ether oxygens (including phenoxy) is 1. The molecule has 0 radical (unpaired) electrons. The van der Waals surface area contributed by atoms with Gasteiger partial charge in [-0.3, -0.25) is 0 Å². The van der Waals surface area contributed by atoms with Crippen molar-refractivity contribution in [2.75, 3.05) is 11.9 Å². The highest BCUT2D eigenvalue weighted by Crippen LogP contribution is 2.29. The van der Waals surface area contributed by atoms with Crippen LogP contribution in [0.4, 0.5) is 5.69 Å². The predicted octanol–water partition coefficient (Wildman–Crippen LogP) is 3.38. The summed E-state index contributed by atoms with van der Waals surface area (Å²) in [6, 6.07) is 6.74. The lowest BCUT2D eigenvalue weighted by molar-refractivity contribution is -0.138. The molecule has 0 amide bonds. The number of nitriles is 1. The zero-order valence-electron chi connectivity index (χ0n) is 9.54. The third-order valence-electron chi connectivity index (χ3n) is 1.94. The van der Waals surface area contributed by atoms with Crippen LogP contribution in [0.15, 0.2) is 30.0 Å². The summed E-state index contributed by atoms with van der Waals surface area (Å²) in [6.45, 7) is 1.87. The third kappa shape index (κ3) is 3.66. The van der Waals surface area contributed by atoms with Crippen molar-refractivity contribution in [3.8, 4) is 6.07 Å². The van der Waals surface area contributed by atoms with E-state index in [-0.39, 0.29) is 12.2 Å². The molecule has 6 heteroatoms. The maximum absolute atomic E-state index is 11.3. The maximum atomic E-state index is 11.3. The molecule has 0 aromatic heterocycles. The number of hydrogen-bond donors (Lipinski definition) is 1. The fourth-order valence-corrected chi connectivity index (χ4v) is 1.47. The van der Waals surface area contributed by atoms with Gasteiger partial charge >= 0.3 is 5.97 Å². The summed E-state index contributed by atoms with van der Waals surface area (Å²) in [5, 5.41) is 12.2. The van der Waals surface area contributed by atoms with E-state index in [0.29, 0.717) is 15.7 Å². The molecule has 0 bridgehead atoms. The Morgan fingerprint density at radius 2 is 2.28 bits per heavy atom. The molecule has 0 atom stereocenters. The van der Waals surface area contributed by atoms with Gasteiger partial charge in [0.15, 0.2) is 5.57 Å². The molecule has 4 nitrogen and oxygen atoms in total. The van der Waals surface area contributed by atoms with E-state index in [0.717, 1.165) is 0 Å². The van der Waals surface area contributed by atoms with Crippen molar-refractivity contribution in [2.24, 2.45) is 0 Å². The Bertz CT molecular complexity index is 521. The molecule has 0 spiro atoms. The van der Waals surface area contributed by atoms with Gasteiger partial charge in [-0.2, -0.15) is 5.26 Å². The van der Waals surface area contributed by atoms with Gasteiger partial charge in [0, 0.05) is 6.20 Å². The number of rotatable bonds is 4. The van der Waals surface area contributed by atoms with E-state index >= 15 is 0 Å². The molecular formula is C12H10Cl2N2O2. The minimum Gasteiger partial charge on any atom is -0.462 e. The van der Waals surface area contributed by atoms with Gasteiger partial charge in [0.05, 0.1) is 22.3 Å². The van der Waals surface area contributed by atoms with Crippen molar-refractivity contribution in [1.82, 2.24) is 0 Å². The monoisotopic (exact) mass is 284 g/mol. The van der Waals surface area contributed by atoms with Gasteiger partial charge in [0.1, 0.15) is 6.07 Å². The number of halogens is 2. The number of nitrogens with zero attached hydrogens (tertiary/aromatic N) is 1. The fourth-order valence-electron chi connectivity index (χ4n) is 1.11. The predicted molar refractivity (Wildman–Crippen MR) is 70.4 cm³/mol. The van der Waals surface area contributed by atoms with Crippen LogP contribution in [-0.2, 0) is 9.53 Å². The van der Waals surface area contributed by atoms with Crippen LogP contribution < -0.4 is 5.32 Å². The topological polar surface area (TPSA) is 62.1 Å². The van der Waals surface area contributed by atoms with Crippen molar-refractivity contribution in [3.63, 3.8) is 0 Å². The van der Waals surface area contributed by atoms with Gasteiger partial charge in [-0.05, 0) is 19.1 Å². The number of anilines is 1. The van der Waals surface area contributed by atoms with Crippen molar-refractivity contribution < 1.29 is 9.53 Å². The first-order valence-electron chi connectivity index (χ1n) is 5.08. The Morgan fingerprint density at radius 3 is 2.89 bits per heavy atom. The van der Waals surface area contributed by atoms with Crippen LogP contribution in [0, 0.1) is 11.3 Å². The number of esters is 1. The third-order valence-corrected chi connectivity index (χ3v) is 2.76. The van der Waals surface area contributed by atoms with E-state index in [9.17, 15) is 4.79 Å². The van der Waals surface area contributed by atoms with Gasteiger partial charge in [-0.15, -0.1) is 0 Å². The first-order valence-corrected chi connectivity index (χ1v) is 5.83. The molecule has 0 aliphatic carbocycles. The molecule has 0 heterocycles. The SMILES string of the molecule is CCOC(=O)/C(C#N)=C\Nc1cccc(Cl)c1Cl. The molecule has 0 aliphatic heterocycles. The molecule has 0 saturated carbocycles. The van der Waals surface area contributed by atoms with Crippen molar-refractivity contribution in [3.05, 3.63) is 40.0 Å². The molecule has 18 heavy (non-hydrogen) atoms. The van der Waals surface area contributed by atoms with E-state index in [2.05, 4.69) is 5.32 Å². The number of carbonyl (C=O) groups is 1. The minimum atomic E-state index is -0.689. The molecule has 0 unspecified atom stereocenters. The summed E-state index contributed by atoms with van der Waals surface area (Å²) in [5.74, 6) is -0.689. The van der Waals surface area contributed by atoms with E-state index in [4.69, 9.17) is 33.2 Å². The van der Waals surface area contributed by atoms with Crippen LogP contribution >= 0.6 is 23.2 Å². The summed E-state index contributed by atoms with van der Waals surface area (Å²) in [7, 11) is 0. The van der Waals surface area contributed by atoms with Crippen molar-refractivity contribution in [2.45, 2.75) is 6.92 Å². The molecular weight excluding hydrogens is 275 g/mol. The van der Waals surface area contributed by atoms with Crippen LogP contribution in [0.25, 0.3) is 0 Å². The Labute approximate surface area is 115 Å². The summed E-state index contributed by atoms with van der Waals surface area (Å²) in [6.07, 6.45) is 1.23. The van der Waals surface area contributed by atoms with Crippen LogP contribution in [-0.4, -0.2) is 12.6 Å². The maximum Gasteiger partial charge on any atom is 0.350 e. The van der Waals surface area contributed by atoms with Crippen LogP contribution in [0.3, 0.4) is 0 Å². The summed E-state index contributed by atoms with van der Waals surface area (Å²) in [5.41, 5.74) is 0.356. The van der Waals surface area contributed by atoms with Crippen LogP contribution in [0.5, 0.6) is 0 Å². The van der Waals surface area contributed by atoms with Gasteiger partial charge in [0.25, 0.3) is 0 Å². The summed E-state index contributed by atoms with van der Waals surface area (Å²) < 4.78 is 4.71. The second-order valence-corrected chi connectivity index (χ2v) is 3.92. The highest BCUT2D eigenvalue weighted by atomic mass is 35.5. The smallest absolute Gasteiger partial charge is 0.350 e. The first-order chi connectivity index (χ1) is 8.60. The summed E-state index contributed by atoms with van der Waals surface area (Å²) >= 11 is 11.8. The highest BCUT2D eigenvalue weighted by molar-refractivity contribution is 6.43. The van der Waals surface area contributed by atoms with Crippen molar-refractivity contribution >= 4 is 34.9 Å². The zero-order valence-corrected chi connectivity index (χ0v) is 11.0. The summed E-state index contributed by atoms with van der Waals surface area (Å²) in [4.78, 5) is 11.3. The molecule has 1 N–H and O–H groups in total. The average Bonchev–Trinajstić information content (AvgIpc) is 2.35. The normalized spacial score (nSPS) is 10.7. The van der Waals surface area contributed by atoms with Crippen molar-refractivity contribution in [1.29, 1.82) is 5.26 Å². The average molecular weight is 285 g/mol. The molecule has 1 rings (SSSR count). The molecule has 0 fully saturated rings. The minimum absolute atomic E-state index is 0.145. The van der Waals surface area contributed by atoms with Gasteiger partial charge in [0.2, 0.25) is 0 Å². The van der Waals surface area contributed by atoms with E-state index in [1.54, 1.807) is 31.2 Å². The van der Waals surface area contributed by atoms with E-state index in [1.165, 1.54) is 6.20 Å². The van der Waals surface area contributed by atoms with Gasteiger partial charge < -0.3 is 10.1 Å². The quantitative estimate of drug-likeness (QED) is 0.523. The lowest BCUT2D eigenvalue weighted by atomic mass is 10.3. The Kier molecular flexibility index (Phi) is 5.50. The van der Waals surface area contributed by atoms with Crippen LogP contribution in [0.1, 0.15) is 6.92 Å². The van der Waals surface area contributed by atoms with E-state index < -0.39 is 5.97 Å². The van der Waals surface area contributed by atoms with E-state index in [1.807, 2.05) is 0 Å². The number of carbonyl (C=O) groups excluding carboxylic acids is 1. The fraction of sp³-hybridized carbons (Fsp3) is 0.167. The first kappa shape index (κ1) is 14.4. The number of hydrogen-bond acceptors (Lipinski definition) is 4. The number of nitrogens with one attached hydrogen (secondary N) is 1. The largest absolute Gasteiger partial charge is 0.462 e. The standard InChI is InChI=1S/C12H10Cl2N2O2/c1-2-18-12(17)8(6-15)7-16-10-5-3-4-9(13)11(10)14/h3-5,7,16H,2H2,1H3/b8-7-. The molecule has 94 valence electrons. The molecule has 1 aromatic rings. The lowest BCUT2D eigenvalue weighted by Crippen LogP contribution is -2.08. The Balaban J connectivity index is 2.87. The highest BCUT2D eigenvalue weighted by Gasteiger charge is 2.10. The lowest BCUT2D eigenvalue weighted by Gasteiger charge is -2.05. The Hall–Kier alpha value is -1.70.